The van der Waals surface area contributed by atoms with Crippen LogP contribution in [0.4, 0.5) is 0 Å². The molecule has 2 aliphatic rings. The van der Waals surface area contributed by atoms with Crippen LogP contribution < -0.4 is 10.9 Å². The highest BCUT2D eigenvalue weighted by molar-refractivity contribution is 7.10. The highest BCUT2D eigenvalue weighted by Crippen LogP contribution is 2.37. The average molecular weight is 403 g/mol. The van der Waals surface area contributed by atoms with E-state index >= 15 is 0 Å². The summed E-state index contributed by atoms with van der Waals surface area (Å²) in [6.45, 7) is 8.00. The quantitative estimate of drug-likeness (QED) is 0.731. The van der Waals surface area contributed by atoms with E-state index in [1.807, 2.05) is 40.0 Å². The second kappa shape index (κ2) is 11.2. The van der Waals surface area contributed by atoms with Gasteiger partial charge in [-0.05, 0) is 54.8 Å². The Morgan fingerprint density at radius 2 is 1.79 bits per heavy atom. The molecule has 1 atom stereocenters. The normalized spacial score (nSPS) is 18.2. The van der Waals surface area contributed by atoms with Gasteiger partial charge >= 0.3 is 0 Å². The van der Waals surface area contributed by atoms with E-state index < -0.39 is 0 Å². The van der Waals surface area contributed by atoms with Crippen LogP contribution in [0.5, 0.6) is 0 Å². The van der Waals surface area contributed by atoms with E-state index in [1.54, 1.807) is 22.0 Å². The Kier molecular flexibility index (Phi) is 8.97. The summed E-state index contributed by atoms with van der Waals surface area (Å²) < 4.78 is 1.75. The summed E-state index contributed by atoms with van der Waals surface area (Å²) in [5.41, 5.74) is 1.44. The van der Waals surface area contributed by atoms with E-state index in [1.165, 1.54) is 16.9 Å². The van der Waals surface area contributed by atoms with E-state index in [9.17, 15) is 9.59 Å². The third-order valence-electron chi connectivity index (χ3n) is 5.27. The Balaban J connectivity index is 0.000000660. The average Bonchev–Trinajstić information content (AvgIpc) is 3.36. The number of hydrogen-bond donors (Lipinski definition) is 1. The third kappa shape index (κ3) is 4.93. The first-order valence-corrected chi connectivity index (χ1v) is 11.7. The zero-order chi connectivity index (χ0) is 20.5. The van der Waals surface area contributed by atoms with Crippen LogP contribution in [0.2, 0.25) is 0 Å². The second-order valence-electron chi connectivity index (χ2n) is 6.81. The molecule has 2 heterocycles. The van der Waals surface area contributed by atoms with Crippen LogP contribution in [0.15, 0.2) is 34.6 Å². The number of amides is 1. The Hall–Kier alpha value is -1.88. The lowest BCUT2D eigenvalue weighted by Crippen LogP contribution is -2.40. The molecule has 0 saturated heterocycles. The molecule has 4 rings (SSSR count). The van der Waals surface area contributed by atoms with E-state index in [2.05, 4.69) is 16.8 Å². The highest BCUT2D eigenvalue weighted by atomic mass is 32.1. The van der Waals surface area contributed by atoms with E-state index in [4.69, 9.17) is 0 Å². The van der Waals surface area contributed by atoms with Gasteiger partial charge in [0.05, 0.1) is 6.04 Å². The van der Waals surface area contributed by atoms with Crippen LogP contribution >= 0.6 is 11.3 Å². The van der Waals surface area contributed by atoms with Gasteiger partial charge in [-0.2, -0.15) is 0 Å². The van der Waals surface area contributed by atoms with Crippen molar-refractivity contribution in [3.63, 3.8) is 0 Å². The number of aryl methyl sites for hydroxylation is 1. The Bertz CT molecular complexity index is 803. The minimum Gasteiger partial charge on any atom is -0.349 e. The standard InChI is InChI=1S/C19H22N2O2S.2C2H6/c22-18(20-14-5-2-1-3-6-14)15-7-4-11-21(19(15)23)16-9-8-13-10-12-24-17(13)16;2*1-2/h4,7,10-12,14,16H,1-3,5-6,8-9H2,(H,20,22);2*1-2H3. The molecule has 1 saturated carbocycles. The fraction of sp³-hybridized carbons (Fsp3) is 0.565. The minimum atomic E-state index is -0.217. The molecule has 0 aromatic carbocycles. The van der Waals surface area contributed by atoms with E-state index in [0.29, 0.717) is 0 Å². The third-order valence-corrected chi connectivity index (χ3v) is 6.33. The Morgan fingerprint density at radius 3 is 2.50 bits per heavy atom. The van der Waals surface area contributed by atoms with Crippen molar-refractivity contribution in [1.82, 2.24) is 9.88 Å². The van der Waals surface area contributed by atoms with Crippen molar-refractivity contribution in [1.29, 1.82) is 0 Å². The summed E-state index contributed by atoms with van der Waals surface area (Å²) in [6, 6.07) is 5.92. The van der Waals surface area contributed by atoms with Crippen LogP contribution in [0, 0.1) is 0 Å². The largest absolute Gasteiger partial charge is 0.349 e. The molecule has 28 heavy (non-hydrogen) atoms. The van der Waals surface area contributed by atoms with Gasteiger partial charge in [0.2, 0.25) is 0 Å². The summed E-state index contributed by atoms with van der Waals surface area (Å²) in [6.07, 6.45) is 9.38. The van der Waals surface area contributed by atoms with Gasteiger partial charge in [-0.15, -0.1) is 11.3 Å². The van der Waals surface area contributed by atoms with Gasteiger partial charge < -0.3 is 9.88 Å². The molecule has 1 N–H and O–H groups in total. The molecule has 1 unspecified atom stereocenters. The first-order valence-electron chi connectivity index (χ1n) is 10.8. The lowest BCUT2D eigenvalue weighted by atomic mass is 9.95. The monoisotopic (exact) mass is 402 g/mol. The Morgan fingerprint density at radius 1 is 1.07 bits per heavy atom. The maximum Gasteiger partial charge on any atom is 0.263 e. The molecule has 0 aliphatic heterocycles. The van der Waals surface area contributed by atoms with Crippen LogP contribution in [0.3, 0.4) is 0 Å². The maximum absolute atomic E-state index is 12.9. The van der Waals surface area contributed by atoms with Gasteiger partial charge in [0.25, 0.3) is 11.5 Å². The van der Waals surface area contributed by atoms with Crippen molar-refractivity contribution < 1.29 is 4.79 Å². The number of nitrogens with zero attached hydrogens (tertiary/aromatic N) is 1. The SMILES string of the molecule is CC.CC.O=C(NC1CCCCC1)c1cccn(C2CCc3ccsc32)c1=O. The maximum atomic E-state index is 12.9. The van der Waals surface area contributed by atoms with E-state index in [-0.39, 0.29) is 29.1 Å². The van der Waals surface area contributed by atoms with Crippen molar-refractivity contribution in [2.45, 2.75) is 84.7 Å². The molecule has 2 aromatic rings. The molecule has 2 aliphatic carbocycles. The summed E-state index contributed by atoms with van der Waals surface area (Å²) in [5.74, 6) is -0.217. The second-order valence-corrected chi connectivity index (χ2v) is 7.75. The van der Waals surface area contributed by atoms with Crippen molar-refractivity contribution in [3.8, 4) is 0 Å². The first kappa shape index (κ1) is 22.4. The number of hydrogen-bond acceptors (Lipinski definition) is 3. The number of aromatic nitrogens is 1. The summed E-state index contributed by atoms with van der Waals surface area (Å²) in [5, 5.41) is 5.14. The lowest BCUT2D eigenvalue weighted by Gasteiger charge is -2.23. The highest BCUT2D eigenvalue weighted by Gasteiger charge is 2.27. The summed E-state index contributed by atoms with van der Waals surface area (Å²) in [7, 11) is 0. The number of carbonyl (C=O) groups excluding carboxylic acids is 1. The van der Waals surface area contributed by atoms with Crippen molar-refractivity contribution in [3.05, 3.63) is 56.1 Å². The number of nitrogens with one attached hydrogen (secondary N) is 1. The van der Waals surface area contributed by atoms with Crippen LogP contribution in [-0.2, 0) is 6.42 Å². The van der Waals surface area contributed by atoms with Gasteiger partial charge in [-0.1, -0.05) is 47.0 Å². The molecular weight excluding hydrogens is 368 g/mol. The van der Waals surface area contributed by atoms with Gasteiger partial charge in [0.15, 0.2) is 0 Å². The molecule has 1 amide bonds. The van der Waals surface area contributed by atoms with Crippen LogP contribution in [0.25, 0.3) is 0 Å². The predicted octanol–water partition coefficient (Wildman–Crippen LogP) is 5.56. The molecule has 154 valence electrons. The number of pyridine rings is 1. The number of fused-ring (bicyclic) bond motifs is 1. The predicted molar refractivity (Wildman–Crippen MR) is 119 cm³/mol. The molecule has 4 nitrogen and oxygen atoms in total. The van der Waals surface area contributed by atoms with Crippen molar-refractivity contribution in [2.75, 3.05) is 0 Å². The van der Waals surface area contributed by atoms with E-state index in [0.717, 1.165) is 38.5 Å². The molecule has 2 aromatic heterocycles. The fourth-order valence-electron chi connectivity index (χ4n) is 3.97. The minimum absolute atomic E-state index is 0.0786. The van der Waals surface area contributed by atoms with Gasteiger partial charge in [0.1, 0.15) is 5.56 Å². The van der Waals surface area contributed by atoms with Gasteiger partial charge in [-0.3, -0.25) is 9.59 Å². The zero-order valence-corrected chi connectivity index (χ0v) is 18.5. The van der Waals surface area contributed by atoms with Crippen LogP contribution in [0.1, 0.15) is 93.1 Å². The Labute approximate surface area is 173 Å². The fourth-order valence-corrected chi connectivity index (χ4v) is 5.06. The van der Waals surface area contributed by atoms with Gasteiger partial charge in [-0.25, -0.2) is 0 Å². The van der Waals surface area contributed by atoms with Crippen molar-refractivity contribution >= 4 is 17.2 Å². The first-order chi connectivity index (χ1) is 13.7. The molecule has 0 radical (unpaired) electrons. The summed E-state index contributed by atoms with van der Waals surface area (Å²) >= 11 is 1.71. The topological polar surface area (TPSA) is 51.1 Å². The van der Waals surface area contributed by atoms with Gasteiger partial charge in [0, 0.05) is 17.1 Å². The lowest BCUT2D eigenvalue weighted by molar-refractivity contribution is 0.0925. The molecule has 1 fully saturated rings. The number of rotatable bonds is 3. The van der Waals surface area contributed by atoms with Crippen LogP contribution in [-0.4, -0.2) is 16.5 Å². The summed E-state index contributed by atoms with van der Waals surface area (Å²) in [4.78, 5) is 26.7. The smallest absolute Gasteiger partial charge is 0.263 e. The number of thiophene rings is 1. The van der Waals surface area contributed by atoms with Crippen molar-refractivity contribution in [2.24, 2.45) is 0 Å². The zero-order valence-electron chi connectivity index (χ0n) is 17.7. The molecule has 5 heteroatoms. The molecule has 0 spiro atoms. The number of carbonyl (C=O) groups is 1. The molecular formula is C23H34N2O2S. The molecule has 0 bridgehead atoms.